The summed E-state index contributed by atoms with van der Waals surface area (Å²) in [5, 5.41) is 0.724. The first-order valence-corrected chi connectivity index (χ1v) is 8.98. The van der Waals surface area contributed by atoms with Crippen molar-refractivity contribution in [2.75, 3.05) is 0 Å². The minimum atomic E-state index is -0.414. The van der Waals surface area contributed by atoms with Crippen molar-refractivity contribution >= 4 is 16.9 Å². The van der Waals surface area contributed by atoms with Gasteiger partial charge in [0, 0.05) is 10.9 Å². The quantitative estimate of drug-likeness (QED) is 0.432. The molecule has 0 saturated heterocycles. The van der Waals surface area contributed by atoms with E-state index in [4.69, 9.17) is 4.74 Å². The fourth-order valence-corrected chi connectivity index (χ4v) is 3.02. The summed E-state index contributed by atoms with van der Waals surface area (Å²) in [4.78, 5) is 17.4. The fourth-order valence-electron chi connectivity index (χ4n) is 3.02. The molecular formula is C24H18FNO2. The third kappa shape index (κ3) is 3.76. The van der Waals surface area contributed by atoms with Gasteiger partial charge in [-0.3, -0.25) is 0 Å². The average molecular weight is 371 g/mol. The lowest BCUT2D eigenvalue weighted by Crippen LogP contribution is -2.07. The second kappa shape index (κ2) is 7.61. The highest BCUT2D eigenvalue weighted by atomic mass is 19.1. The molecule has 0 radical (unpaired) electrons. The monoisotopic (exact) mass is 371 g/mol. The van der Waals surface area contributed by atoms with E-state index in [1.165, 1.54) is 12.1 Å². The molecule has 4 heteroatoms. The number of nitrogens with zero attached hydrogens (tertiary/aromatic N) is 1. The van der Waals surface area contributed by atoms with Gasteiger partial charge in [0.05, 0.1) is 16.8 Å². The summed E-state index contributed by atoms with van der Waals surface area (Å²) in [5.41, 5.74) is 4.54. The van der Waals surface area contributed by atoms with Crippen LogP contribution in [0.15, 0.2) is 78.9 Å². The van der Waals surface area contributed by atoms with Crippen LogP contribution >= 0.6 is 0 Å². The van der Waals surface area contributed by atoms with Crippen molar-refractivity contribution in [3.05, 3.63) is 101 Å². The van der Waals surface area contributed by atoms with Gasteiger partial charge in [0.15, 0.2) is 0 Å². The third-order valence-corrected chi connectivity index (χ3v) is 4.57. The summed E-state index contributed by atoms with van der Waals surface area (Å²) >= 11 is 0. The molecule has 28 heavy (non-hydrogen) atoms. The summed E-state index contributed by atoms with van der Waals surface area (Å²) in [5.74, 6) is -0.732. The fraction of sp³-hybridized carbons (Fsp3) is 0.0833. The topological polar surface area (TPSA) is 39.2 Å². The maximum Gasteiger partial charge on any atom is 0.339 e. The summed E-state index contributed by atoms with van der Waals surface area (Å²) in [6, 6.07) is 23.0. The second-order valence-corrected chi connectivity index (χ2v) is 6.64. The molecule has 3 nitrogen and oxygen atoms in total. The first-order chi connectivity index (χ1) is 13.6. The average Bonchev–Trinajstić information content (AvgIpc) is 2.73. The summed E-state index contributed by atoms with van der Waals surface area (Å²) in [6.07, 6.45) is 0. The van der Waals surface area contributed by atoms with Crippen LogP contribution < -0.4 is 0 Å². The van der Waals surface area contributed by atoms with Gasteiger partial charge in [0.2, 0.25) is 0 Å². The molecule has 0 saturated carbocycles. The number of fused-ring (bicyclic) bond motifs is 1. The molecular weight excluding hydrogens is 353 g/mol. The number of ether oxygens (including phenoxy) is 1. The number of benzene rings is 3. The van der Waals surface area contributed by atoms with Crippen LogP contribution in [-0.2, 0) is 11.3 Å². The molecule has 0 amide bonds. The number of aromatic nitrogens is 1. The van der Waals surface area contributed by atoms with E-state index in [2.05, 4.69) is 4.98 Å². The van der Waals surface area contributed by atoms with Crippen LogP contribution in [0.5, 0.6) is 0 Å². The Morgan fingerprint density at radius 3 is 2.43 bits per heavy atom. The molecule has 0 N–H and O–H groups in total. The van der Waals surface area contributed by atoms with Crippen LogP contribution in [0.3, 0.4) is 0 Å². The molecule has 0 atom stereocenters. The number of rotatable bonds is 4. The Labute approximate surface area is 162 Å². The van der Waals surface area contributed by atoms with Gasteiger partial charge in [-0.25, -0.2) is 14.2 Å². The Kier molecular flexibility index (Phi) is 4.85. The number of carbonyl (C=O) groups is 1. The Balaban J connectivity index is 1.69. The Hall–Kier alpha value is -3.53. The molecule has 0 spiro atoms. The molecule has 0 fully saturated rings. The molecule has 3 aromatic carbocycles. The predicted octanol–water partition coefficient (Wildman–Crippen LogP) is 5.71. The van der Waals surface area contributed by atoms with E-state index < -0.39 is 5.97 Å². The standard InChI is InChI=1S/C24H18FNO2/c1-16-6-8-17(9-7-16)15-28-24(27)21-14-23(18-10-12-19(25)13-11-18)26-22-5-3-2-4-20(21)22/h2-14H,15H2,1H3. The van der Waals surface area contributed by atoms with E-state index in [1.807, 2.05) is 55.5 Å². The van der Waals surface area contributed by atoms with Crippen LogP contribution in [0.2, 0.25) is 0 Å². The van der Waals surface area contributed by atoms with E-state index in [1.54, 1.807) is 18.2 Å². The van der Waals surface area contributed by atoms with Gasteiger partial charge in [-0.05, 0) is 48.9 Å². The minimum absolute atomic E-state index is 0.196. The highest BCUT2D eigenvalue weighted by molar-refractivity contribution is 6.04. The lowest BCUT2D eigenvalue weighted by Gasteiger charge is -2.10. The van der Waals surface area contributed by atoms with Gasteiger partial charge in [-0.1, -0.05) is 48.0 Å². The second-order valence-electron chi connectivity index (χ2n) is 6.64. The van der Waals surface area contributed by atoms with E-state index in [9.17, 15) is 9.18 Å². The summed E-state index contributed by atoms with van der Waals surface area (Å²) in [7, 11) is 0. The molecule has 0 aliphatic heterocycles. The Morgan fingerprint density at radius 2 is 1.68 bits per heavy atom. The van der Waals surface area contributed by atoms with E-state index >= 15 is 0 Å². The lowest BCUT2D eigenvalue weighted by molar-refractivity contribution is 0.0475. The number of hydrogen-bond donors (Lipinski definition) is 0. The van der Waals surface area contributed by atoms with Crippen LogP contribution in [0, 0.1) is 12.7 Å². The van der Waals surface area contributed by atoms with Gasteiger partial charge >= 0.3 is 5.97 Å². The summed E-state index contributed by atoms with van der Waals surface area (Å²) in [6.45, 7) is 2.21. The van der Waals surface area contributed by atoms with Crippen molar-refractivity contribution in [1.82, 2.24) is 4.98 Å². The van der Waals surface area contributed by atoms with Crippen LogP contribution in [0.25, 0.3) is 22.2 Å². The van der Waals surface area contributed by atoms with Gasteiger partial charge in [0.1, 0.15) is 12.4 Å². The predicted molar refractivity (Wildman–Crippen MR) is 107 cm³/mol. The maximum absolute atomic E-state index is 13.3. The molecule has 1 heterocycles. The summed E-state index contributed by atoms with van der Waals surface area (Å²) < 4.78 is 18.8. The number of carbonyl (C=O) groups excluding carboxylic acids is 1. The van der Waals surface area contributed by atoms with Crippen molar-refractivity contribution in [2.45, 2.75) is 13.5 Å². The zero-order valence-electron chi connectivity index (χ0n) is 15.4. The van der Waals surface area contributed by atoms with Crippen LogP contribution in [0.1, 0.15) is 21.5 Å². The van der Waals surface area contributed by atoms with Gasteiger partial charge in [-0.15, -0.1) is 0 Å². The van der Waals surface area contributed by atoms with E-state index in [0.717, 1.165) is 22.1 Å². The van der Waals surface area contributed by atoms with Crippen LogP contribution in [0.4, 0.5) is 4.39 Å². The third-order valence-electron chi connectivity index (χ3n) is 4.57. The highest BCUT2D eigenvalue weighted by Gasteiger charge is 2.15. The number of esters is 1. The molecule has 4 aromatic rings. The van der Waals surface area contributed by atoms with Gasteiger partial charge < -0.3 is 4.74 Å². The lowest BCUT2D eigenvalue weighted by atomic mass is 10.0. The van der Waals surface area contributed by atoms with Crippen molar-refractivity contribution in [3.8, 4) is 11.3 Å². The number of aryl methyl sites for hydroxylation is 1. The highest BCUT2D eigenvalue weighted by Crippen LogP contribution is 2.26. The van der Waals surface area contributed by atoms with Crippen molar-refractivity contribution < 1.29 is 13.9 Å². The van der Waals surface area contributed by atoms with Crippen molar-refractivity contribution in [3.63, 3.8) is 0 Å². The zero-order valence-corrected chi connectivity index (χ0v) is 15.4. The molecule has 0 unspecified atom stereocenters. The number of pyridine rings is 1. The van der Waals surface area contributed by atoms with Crippen molar-refractivity contribution in [2.24, 2.45) is 0 Å². The minimum Gasteiger partial charge on any atom is -0.457 e. The SMILES string of the molecule is Cc1ccc(COC(=O)c2cc(-c3ccc(F)cc3)nc3ccccc23)cc1. The Morgan fingerprint density at radius 1 is 0.964 bits per heavy atom. The number of hydrogen-bond acceptors (Lipinski definition) is 3. The molecule has 138 valence electrons. The molecule has 0 aliphatic carbocycles. The first kappa shape index (κ1) is 17.9. The smallest absolute Gasteiger partial charge is 0.339 e. The molecule has 4 rings (SSSR count). The number of para-hydroxylation sites is 1. The van der Waals surface area contributed by atoms with E-state index in [-0.39, 0.29) is 12.4 Å². The van der Waals surface area contributed by atoms with E-state index in [0.29, 0.717) is 16.8 Å². The Bertz CT molecular complexity index is 1140. The van der Waals surface area contributed by atoms with Crippen LogP contribution in [-0.4, -0.2) is 11.0 Å². The molecule has 0 aliphatic rings. The maximum atomic E-state index is 13.3. The number of halogens is 1. The first-order valence-electron chi connectivity index (χ1n) is 8.98. The zero-order chi connectivity index (χ0) is 19.5. The van der Waals surface area contributed by atoms with Gasteiger partial charge in [0.25, 0.3) is 0 Å². The largest absolute Gasteiger partial charge is 0.457 e. The van der Waals surface area contributed by atoms with Crippen molar-refractivity contribution in [1.29, 1.82) is 0 Å². The molecule has 1 aromatic heterocycles. The molecule has 0 bridgehead atoms. The normalized spacial score (nSPS) is 10.8. The van der Waals surface area contributed by atoms with Gasteiger partial charge in [-0.2, -0.15) is 0 Å².